The SMILES string of the molecule is Cc1cccc(OC(C)C(=O)NCCn2cnc(-c3ccccc3)cc2=O)c1. The van der Waals surface area contributed by atoms with Crippen molar-refractivity contribution >= 4 is 5.91 Å². The van der Waals surface area contributed by atoms with E-state index >= 15 is 0 Å². The molecule has 28 heavy (non-hydrogen) atoms. The lowest BCUT2D eigenvalue weighted by atomic mass is 10.1. The third-order valence-electron chi connectivity index (χ3n) is 4.27. The molecule has 1 aromatic heterocycles. The van der Waals surface area contributed by atoms with E-state index in [0.717, 1.165) is 11.1 Å². The molecule has 0 spiro atoms. The Kier molecular flexibility index (Phi) is 6.22. The van der Waals surface area contributed by atoms with Gasteiger partial charge in [-0.3, -0.25) is 14.2 Å². The molecule has 0 aliphatic heterocycles. The lowest BCUT2D eigenvalue weighted by Crippen LogP contribution is -2.38. The molecule has 0 aliphatic carbocycles. The van der Waals surface area contributed by atoms with E-state index in [0.29, 0.717) is 24.5 Å². The Bertz CT molecular complexity index is 999. The Morgan fingerprint density at radius 3 is 2.64 bits per heavy atom. The molecule has 0 radical (unpaired) electrons. The van der Waals surface area contributed by atoms with Crippen LogP contribution in [0, 0.1) is 6.92 Å². The third-order valence-corrected chi connectivity index (χ3v) is 4.27. The van der Waals surface area contributed by atoms with Gasteiger partial charge in [-0.1, -0.05) is 42.5 Å². The van der Waals surface area contributed by atoms with Gasteiger partial charge >= 0.3 is 0 Å². The number of ether oxygens (including phenoxy) is 1. The van der Waals surface area contributed by atoms with Crippen molar-refractivity contribution in [3.8, 4) is 17.0 Å². The van der Waals surface area contributed by atoms with E-state index in [1.54, 1.807) is 6.92 Å². The summed E-state index contributed by atoms with van der Waals surface area (Å²) in [7, 11) is 0. The Morgan fingerprint density at radius 1 is 1.14 bits per heavy atom. The van der Waals surface area contributed by atoms with E-state index in [1.807, 2.05) is 61.5 Å². The van der Waals surface area contributed by atoms with Gasteiger partial charge in [-0.2, -0.15) is 0 Å². The summed E-state index contributed by atoms with van der Waals surface area (Å²) >= 11 is 0. The summed E-state index contributed by atoms with van der Waals surface area (Å²) in [6.07, 6.45) is 0.876. The molecular weight excluding hydrogens is 354 g/mol. The quantitative estimate of drug-likeness (QED) is 0.687. The normalized spacial score (nSPS) is 11.6. The summed E-state index contributed by atoms with van der Waals surface area (Å²) in [4.78, 5) is 28.8. The van der Waals surface area contributed by atoms with Crippen LogP contribution in [0.15, 0.2) is 71.8 Å². The number of aryl methyl sites for hydroxylation is 1. The molecule has 3 aromatic rings. The molecule has 1 amide bonds. The zero-order chi connectivity index (χ0) is 19.9. The van der Waals surface area contributed by atoms with Gasteiger partial charge in [-0.05, 0) is 31.5 Å². The van der Waals surface area contributed by atoms with Gasteiger partial charge in [0.2, 0.25) is 0 Å². The van der Waals surface area contributed by atoms with E-state index < -0.39 is 6.10 Å². The van der Waals surface area contributed by atoms with Crippen molar-refractivity contribution in [2.24, 2.45) is 0 Å². The molecule has 0 fully saturated rings. The monoisotopic (exact) mass is 377 g/mol. The molecule has 0 saturated carbocycles. The number of hydrogen-bond donors (Lipinski definition) is 1. The Hall–Kier alpha value is -3.41. The first-order valence-corrected chi connectivity index (χ1v) is 9.16. The maximum Gasteiger partial charge on any atom is 0.260 e. The van der Waals surface area contributed by atoms with Gasteiger partial charge in [0.15, 0.2) is 6.10 Å². The second-order valence-electron chi connectivity index (χ2n) is 6.54. The van der Waals surface area contributed by atoms with E-state index in [2.05, 4.69) is 10.3 Å². The summed E-state index contributed by atoms with van der Waals surface area (Å²) in [5.74, 6) is 0.419. The molecule has 1 unspecified atom stereocenters. The number of nitrogens with one attached hydrogen (secondary N) is 1. The van der Waals surface area contributed by atoms with Crippen LogP contribution in [0.25, 0.3) is 11.3 Å². The smallest absolute Gasteiger partial charge is 0.260 e. The highest BCUT2D eigenvalue weighted by Crippen LogP contribution is 2.14. The fraction of sp³-hybridized carbons (Fsp3) is 0.227. The van der Waals surface area contributed by atoms with Gasteiger partial charge in [0.25, 0.3) is 11.5 Å². The van der Waals surface area contributed by atoms with Crippen LogP contribution in [-0.2, 0) is 11.3 Å². The molecule has 6 heteroatoms. The number of nitrogens with zero attached hydrogens (tertiary/aromatic N) is 2. The van der Waals surface area contributed by atoms with Crippen molar-refractivity contribution in [1.82, 2.24) is 14.9 Å². The van der Waals surface area contributed by atoms with Crippen LogP contribution in [0.2, 0.25) is 0 Å². The Morgan fingerprint density at radius 2 is 1.93 bits per heavy atom. The molecule has 1 N–H and O–H groups in total. The highest BCUT2D eigenvalue weighted by Gasteiger charge is 2.14. The number of carbonyl (C=O) groups excluding carboxylic acids is 1. The molecule has 0 aliphatic rings. The van der Waals surface area contributed by atoms with Gasteiger partial charge in [0.1, 0.15) is 5.75 Å². The fourth-order valence-corrected chi connectivity index (χ4v) is 2.75. The topological polar surface area (TPSA) is 73.2 Å². The highest BCUT2D eigenvalue weighted by molar-refractivity contribution is 5.80. The van der Waals surface area contributed by atoms with Gasteiger partial charge in [-0.25, -0.2) is 4.98 Å². The van der Waals surface area contributed by atoms with Crippen LogP contribution in [0.4, 0.5) is 0 Å². The summed E-state index contributed by atoms with van der Waals surface area (Å²) in [6.45, 7) is 4.31. The number of benzene rings is 2. The van der Waals surface area contributed by atoms with E-state index in [1.165, 1.54) is 17.0 Å². The number of carbonyl (C=O) groups is 1. The minimum Gasteiger partial charge on any atom is -0.481 e. The van der Waals surface area contributed by atoms with Crippen LogP contribution in [0.3, 0.4) is 0 Å². The van der Waals surface area contributed by atoms with E-state index in [-0.39, 0.29) is 11.5 Å². The molecular formula is C22H23N3O3. The minimum atomic E-state index is -0.628. The zero-order valence-corrected chi connectivity index (χ0v) is 16.0. The van der Waals surface area contributed by atoms with E-state index in [4.69, 9.17) is 4.74 Å². The van der Waals surface area contributed by atoms with Gasteiger partial charge < -0.3 is 10.1 Å². The molecule has 144 valence electrons. The molecule has 6 nitrogen and oxygen atoms in total. The molecule has 0 bridgehead atoms. The average Bonchev–Trinajstić information content (AvgIpc) is 2.69. The first-order valence-electron chi connectivity index (χ1n) is 9.16. The Balaban J connectivity index is 1.53. The highest BCUT2D eigenvalue weighted by atomic mass is 16.5. The molecule has 1 atom stereocenters. The van der Waals surface area contributed by atoms with Crippen molar-refractivity contribution in [1.29, 1.82) is 0 Å². The lowest BCUT2D eigenvalue weighted by Gasteiger charge is -2.15. The average molecular weight is 377 g/mol. The van der Waals surface area contributed by atoms with Crippen molar-refractivity contribution in [3.05, 3.63) is 82.9 Å². The number of amides is 1. The largest absolute Gasteiger partial charge is 0.481 e. The first kappa shape index (κ1) is 19.4. The summed E-state index contributed by atoms with van der Waals surface area (Å²) in [6, 6.07) is 18.6. The fourth-order valence-electron chi connectivity index (χ4n) is 2.75. The number of hydrogen-bond acceptors (Lipinski definition) is 4. The number of rotatable bonds is 7. The summed E-state index contributed by atoms with van der Waals surface area (Å²) in [5.41, 5.74) is 2.43. The van der Waals surface area contributed by atoms with Gasteiger partial charge in [0, 0.05) is 24.7 Å². The van der Waals surface area contributed by atoms with Crippen LogP contribution in [-0.4, -0.2) is 28.1 Å². The second kappa shape index (κ2) is 8.99. The van der Waals surface area contributed by atoms with Gasteiger partial charge in [-0.15, -0.1) is 0 Å². The van der Waals surface area contributed by atoms with Crippen molar-refractivity contribution in [2.75, 3.05) is 6.54 Å². The summed E-state index contributed by atoms with van der Waals surface area (Å²) in [5, 5.41) is 2.79. The van der Waals surface area contributed by atoms with Crippen molar-refractivity contribution in [2.45, 2.75) is 26.5 Å². The maximum atomic E-state index is 12.3. The van der Waals surface area contributed by atoms with Crippen LogP contribution >= 0.6 is 0 Å². The maximum absolute atomic E-state index is 12.3. The third kappa shape index (κ3) is 5.07. The minimum absolute atomic E-state index is 0.160. The molecule has 2 aromatic carbocycles. The Labute approximate surface area is 163 Å². The summed E-state index contributed by atoms with van der Waals surface area (Å²) < 4.78 is 7.13. The first-order chi connectivity index (χ1) is 13.5. The van der Waals surface area contributed by atoms with E-state index in [9.17, 15) is 9.59 Å². The lowest BCUT2D eigenvalue weighted by molar-refractivity contribution is -0.127. The predicted molar refractivity (Wildman–Crippen MR) is 108 cm³/mol. The molecule has 0 saturated heterocycles. The molecule has 1 heterocycles. The standard InChI is InChI=1S/C22H23N3O3/c1-16-7-6-10-19(13-16)28-17(2)22(27)23-11-12-25-15-24-20(14-21(25)26)18-8-4-3-5-9-18/h3-10,13-15,17H,11-12H2,1-2H3,(H,23,27). The van der Waals surface area contributed by atoms with Crippen LogP contribution in [0.1, 0.15) is 12.5 Å². The van der Waals surface area contributed by atoms with Crippen molar-refractivity contribution in [3.63, 3.8) is 0 Å². The zero-order valence-electron chi connectivity index (χ0n) is 16.0. The number of aromatic nitrogens is 2. The predicted octanol–water partition coefficient (Wildman–Crippen LogP) is 2.80. The van der Waals surface area contributed by atoms with Gasteiger partial charge in [0.05, 0.1) is 12.0 Å². The second-order valence-corrected chi connectivity index (χ2v) is 6.54. The van der Waals surface area contributed by atoms with Crippen molar-refractivity contribution < 1.29 is 9.53 Å². The van der Waals surface area contributed by atoms with Crippen LogP contribution < -0.4 is 15.6 Å². The molecule has 3 rings (SSSR count). The van der Waals surface area contributed by atoms with Crippen LogP contribution in [0.5, 0.6) is 5.75 Å².